The standard InChI is InChI=1S/2C14H15N2O.Pt/c2*1-16(2)11-8-9-15-13(10-11)12-6-4-5-7-14(12)17-3;/h2*4-5,7-10H,1-3H3;/q2*-1;+2. The number of benzene rings is 2. The van der Waals surface area contributed by atoms with Crippen LogP contribution in [0.3, 0.4) is 0 Å². The fourth-order valence-electron chi connectivity index (χ4n) is 3.25. The Bertz CT molecular complexity index is 1120. The molecule has 0 N–H and O–H groups in total. The minimum absolute atomic E-state index is 0. The third-order valence-electron chi connectivity index (χ3n) is 5.11. The number of anilines is 2. The molecule has 0 aliphatic heterocycles. The van der Waals surface area contributed by atoms with Crippen molar-refractivity contribution in [2.75, 3.05) is 52.2 Å². The molecule has 35 heavy (non-hydrogen) atoms. The van der Waals surface area contributed by atoms with Crippen LogP contribution in [0.1, 0.15) is 0 Å². The Balaban J connectivity index is 0.000000240. The zero-order valence-corrected chi connectivity index (χ0v) is 23.1. The van der Waals surface area contributed by atoms with E-state index in [-0.39, 0.29) is 21.1 Å². The predicted octanol–water partition coefficient (Wildman–Crippen LogP) is 5.24. The molecule has 0 spiro atoms. The van der Waals surface area contributed by atoms with E-state index >= 15 is 0 Å². The van der Waals surface area contributed by atoms with Gasteiger partial charge < -0.3 is 29.2 Å². The molecule has 0 saturated carbocycles. The summed E-state index contributed by atoms with van der Waals surface area (Å²) in [5.74, 6) is 1.58. The normalized spacial score (nSPS) is 9.77. The van der Waals surface area contributed by atoms with Gasteiger partial charge >= 0.3 is 21.1 Å². The second-order valence-electron chi connectivity index (χ2n) is 7.81. The zero-order chi connectivity index (χ0) is 24.5. The van der Waals surface area contributed by atoms with Crippen LogP contribution < -0.4 is 19.3 Å². The van der Waals surface area contributed by atoms with Crippen molar-refractivity contribution in [3.8, 4) is 34.0 Å². The maximum Gasteiger partial charge on any atom is 2.00 e. The summed E-state index contributed by atoms with van der Waals surface area (Å²) < 4.78 is 10.6. The van der Waals surface area contributed by atoms with Crippen molar-refractivity contribution >= 4 is 11.4 Å². The zero-order valence-electron chi connectivity index (χ0n) is 20.8. The van der Waals surface area contributed by atoms with Crippen LogP contribution in [0.5, 0.6) is 11.5 Å². The van der Waals surface area contributed by atoms with Crippen LogP contribution >= 0.6 is 0 Å². The van der Waals surface area contributed by atoms with E-state index in [4.69, 9.17) is 9.47 Å². The van der Waals surface area contributed by atoms with Crippen molar-refractivity contribution in [1.82, 2.24) is 9.97 Å². The number of pyridine rings is 2. The summed E-state index contributed by atoms with van der Waals surface area (Å²) in [6.45, 7) is 0. The first-order chi connectivity index (χ1) is 16.4. The van der Waals surface area contributed by atoms with E-state index in [1.54, 1.807) is 26.6 Å². The maximum atomic E-state index is 5.32. The van der Waals surface area contributed by atoms with Crippen molar-refractivity contribution in [3.63, 3.8) is 0 Å². The summed E-state index contributed by atoms with van der Waals surface area (Å²) in [7, 11) is 11.3. The molecule has 0 unspecified atom stereocenters. The Morgan fingerprint density at radius 3 is 1.40 bits per heavy atom. The van der Waals surface area contributed by atoms with Gasteiger partial charge in [0, 0.05) is 63.5 Å². The molecule has 7 heteroatoms. The summed E-state index contributed by atoms with van der Waals surface area (Å²) in [5, 5.41) is 0. The van der Waals surface area contributed by atoms with Crippen molar-refractivity contribution in [1.29, 1.82) is 0 Å². The average Bonchev–Trinajstić information content (AvgIpc) is 2.89. The predicted molar refractivity (Wildman–Crippen MR) is 139 cm³/mol. The van der Waals surface area contributed by atoms with E-state index in [9.17, 15) is 0 Å². The van der Waals surface area contributed by atoms with Crippen LogP contribution in [0, 0.1) is 12.1 Å². The van der Waals surface area contributed by atoms with E-state index in [0.717, 1.165) is 45.4 Å². The average molecular weight is 650 g/mol. The van der Waals surface area contributed by atoms with E-state index < -0.39 is 0 Å². The van der Waals surface area contributed by atoms with Gasteiger partial charge in [0.2, 0.25) is 0 Å². The van der Waals surface area contributed by atoms with E-state index in [1.165, 1.54) is 0 Å². The van der Waals surface area contributed by atoms with Crippen LogP contribution in [0.4, 0.5) is 11.4 Å². The molecule has 0 saturated heterocycles. The molecule has 2 heterocycles. The maximum absolute atomic E-state index is 5.32. The van der Waals surface area contributed by atoms with Gasteiger partial charge in [-0.05, 0) is 23.5 Å². The number of hydrogen-bond donors (Lipinski definition) is 0. The number of rotatable bonds is 6. The number of methoxy groups -OCH3 is 2. The van der Waals surface area contributed by atoms with Gasteiger partial charge in [0.05, 0.1) is 14.2 Å². The van der Waals surface area contributed by atoms with Gasteiger partial charge in [0.25, 0.3) is 0 Å². The SMILES string of the molecule is COc1ccc[c-]c1-c1cc(N(C)C)ccn1.COc1ccc[c-]c1-c1cc(N(C)C)ccn1.[Pt+2]. The van der Waals surface area contributed by atoms with E-state index in [1.807, 2.05) is 98.7 Å². The quantitative estimate of drug-likeness (QED) is 0.267. The number of hydrogen-bond acceptors (Lipinski definition) is 6. The summed E-state index contributed by atoms with van der Waals surface area (Å²) >= 11 is 0. The molecular formula is C28H30N4O2Pt. The largest absolute Gasteiger partial charge is 2.00 e. The number of ether oxygens (including phenoxy) is 2. The first-order valence-corrected chi connectivity index (χ1v) is 10.8. The Labute approximate surface area is 222 Å². The molecule has 2 aromatic heterocycles. The van der Waals surface area contributed by atoms with Crippen LogP contribution in [-0.4, -0.2) is 52.4 Å². The van der Waals surface area contributed by atoms with Crippen LogP contribution in [0.15, 0.2) is 73.1 Å². The van der Waals surface area contributed by atoms with E-state index in [2.05, 4.69) is 22.1 Å². The van der Waals surface area contributed by atoms with Gasteiger partial charge in [0.1, 0.15) is 0 Å². The monoisotopic (exact) mass is 649 g/mol. The summed E-state index contributed by atoms with van der Waals surface area (Å²) in [6.07, 6.45) is 3.59. The van der Waals surface area contributed by atoms with Crippen LogP contribution in [0.25, 0.3) is 22.5 Å². The molecule has 0 fully saturated rings. The minimum atomic E-state index is 0. The molecule has 184 valence electrons. The van der Waals surface area contributed by atoms with Gasteiger partial charge in [-0.3, -0.25) is 0 Å². The number of aromatic nitrogens is 2. The first-order valence-electron chi connectivity index (χ1n) is 10.8. The van der Waals surface area contributed by atoms with Gasteiger partial charge in [-0.2, -0.15) is 0 Å². The molecule has 2 aromatic carbocycles. The van der Waals surface area contributed by atoms with Crippen molar-refractivity contribution in [3.05, 3.63) is 85.2 Å². The second kappa shape index (κ2) is 13.5. The van der Waals surface area contributed by atoms with Gasteiger partial charge in [-0.1, -0.05) is 23.3 Å². The molecule has 6 nitrogen and oxygen atoms in total. The Kier molecular flexibility index (Phi) is 10.7. The molecule has 4 aromatic rings. The first kappa shape index (κ1) is 27.9. The fourth-order valence-corrected chi connectivity index (χ4v) is 3.25. The molecule has 0 aliphatic carbocycles. The topological polar surface area (TPSA) is 50.7 Å². The molecule has 0 bridgehead atoms. The van der Waals surface area contributed by atoms with Gasteiger partial charge in [-0.15, -0.1) is 48.5 Å². The van der Waals surface area contributed by atoms with Crippen molar-refractivity contribution in [2.45, 2.75) is 0 Å². The molecular weight excluding hydrogens is 619 g/mol. The van der Waals surface area contributed by atoms with E-state index in [0.29, 0.717) is 0 Å². The number of nitrogens with zero attached hydrogens (tertiary/aromatic N) is 4. The summed E-state index contributed by atoms with van der Waals surface area (Å²) in [6, 6.07) is 25.7. The molecule has 0 atom stereocenters. The van der Waals surface area contributed by atoms with Crippen molar-refractivity contribution < 1.29 is 30.5 Å². The minimum Gasteiger partial charge on any atom is -0.540 e. The Morgan fingerprint density at radius 1 is 0.657 bits per heavy atom. The molecule has 0 aliphatic rings. The molecule has 0 radical (unpaired) electrons. The summed E-state index contributed by atoms with van der Waals surface area (Å²) in [4.78, 5) is 12.8. The van der Waals surface area contributed by atoms with Gasteiger partial charge in [-0.25, -0.2) is 0 Å². The van der Waals surface area contributed by atoms with Crippen LogP contribution in [0.2, 0.25) is 0 Å². The van der Waals surface area contributed by atoms with Crippen molar-refractivity contribution in [2.24, 2.45) is 0 Å². The fraction of sp³-hybridized carbons (Fsp3) is 0.214. The molecule has 4 rings (SSSR count). The third-order valence-corrected chi connectivity index (χ3v) is 5.11. The molecule has 0 amide bonds. The smallest absolute Gasteiger partial charge is 0.540 e. The van der Waals surface area contributed by atoms with Gasteiger partial charge in [0.15, 0.2) is 0 Å². The van der Waals surface area contributed by atoms with Crippen LogP contribution in [-0.2, 0) is 21.1 Å². The summed E-state index contributed by atoms with van der Waals surface area (Å²) in [5.41, 5.74) is 5.73. The Hall–Kier alpha value is -3.37. The second-order valence-corrected chi connectivity index (χ2v) is 7.81. The third kappa shape index (κ3) is 7.30. The Morgan fingerprint density at radius 2 is 1.06 bits per heavy atom.